The Hall–Kier alpha value is -2.01. The molecule has 0 saturated heterocycles. The SMILES string of the molecule is CCCn1ncc(NC2COc3ccccc32)c(Cl)c1=O. The molecule has 0 radical (unpaired) electrons. The van der Waals surface area contributed by atoms with Crippen molar-refractivity contribution in [3.8, 4) is 5.75 Å². The van der Waals surface area contributed by atoms with Crippen molar-refractivity contribution >= 4 is 17.3 Å². The van der Waals surface area contributed by atoms with Gasteiger partial charge in [-0.25, -0.2) is 4.68 Å². The average molecular weight is 306 g/mol. The number of hydrogen-bond acceptors (Lipinski definition) is 4. The van der Waals surface area contributed by atoms with E-state index in [9.17, 15) is 4.79 Å². The van der Waals surface area contributed by atoms with Crippen LogP contribution in [0.2, 0.25) is 5.02 Å². The van der Waals surface area contributed by atoms with E-state index in [1.807, 2.05) is 31.2 Å². The van der Waals surface area contributed by atoms with Gasteiger partial charge in [-0.2, -0.15) is 5.10 Å². The molecule has 5 nitrogen and oxygen atoms in total. The third-order valence-corrected chi connectivity index (χ3v) is 3.82. The topological polar surface area (TPSA) is 56.1 Å². The summed E-state index contributed by atoms with van der Waals surface area (Å²) >= 11 is 6.16. The van der Waals surface area contributed by atoms with E-state index in [-0.39, 0.29) is 16.6 Å². The predicted molar refractivity (Wildman–Crippen MR) is 82.1 cm³/mol. The van der Waals surface area contributed by atoms with Gasteiger partial charge in [0.15, 0.2) is 0 Å². The highest BCUT2D eigenvalue weighted by Crippen LogP contribution is 2.34. The maximum absolute atomic E-state index is 12.1. The summed E-state index contributed by atoms with van der Waals surface area (Å²) in [5.74, 6) is 0.860. The molecule has 1 aliphatic rings. The van der Waals surface area contributed by atoms with Crippen LogP contribution in [-0.4, -0.2) is 16.4 Å². The number of fused-ring (bicyclic) bond motifs is 1. The lowest BCUT2D eigenvalue weighted by molar-refractivity contribution is 0.340. The molecule has 1 aromatic heterocycles. The number of aromatic nitrogens is 2. The van der Waals surface area contributed by atoms with Gasteiger partial charge in [0.25, 0.3) is 5.56 Å². The first kappa shape index (κ1) is 13.9. The molecule has 3 rings (SSSR count). The van der Waals surface area contributed by atoms with Gasteiger partial charge in [-0.1, -0.05) is 36.7 Å². The van der Waals surface area contributed by atoms with Crippen molar-refractivity contribution in [1.29, 1.82) is 0 Å². The molecule has 1 aromatic carbocycles. The summed E-state index contributed by atoms with van der Waals surface area (Å²) in [7, 11) is 0. The molecule has 0 aliphatic carbocycles. The lowest BCUT2D eigenvalue weighted by Gasteiger charge is -2.14. The third-order valence-electron chi connectivity index (χ3n) is 3.45. The van der Waals surface area contributed by atoms with Crippen LogP contribution in [-0.2, 0) is 6.54 Å². The van der Waals surface area contributed by atoms with Crippen molar-refractivity contribution in [3.05, 3.63) is 51.4 Å². The van der Waals surface area contributed by atoms with Crippen LogP contribution in [0.1, 0.15) is 24.9 Å². The highest BCUT2D eigenvalue weighted by molar-refractivity contribution is 6.32. The van der Waals surface area contributed by atoms with Crippen molar-refractivity contribution < 1.29 is 4.74 Å². The van der Waals surface area contributed by atoms with Crippen LogP contribution in [0.15, 0.2) is 35.3 Å². The lowest BCUT2D eigenvalue weighted by atomic mass is 10.1. The summed E-state index contributed by atoms with van der Waals surface area (Å²) in [5.41, 5.74) is 1.33. The van der Waals surface area contributed by atoms with Gasteiger partial charge in [-0.3, -0.25) is 4.79 Å². The monoisotopic (exact) mass is 305 g/mol. The zero-order valence-corrected chi connectivity index (χ0v) is 12.4. The summed E-state index contributed by atoms with van der Waals surface area (Å²) in [6.45, 7) is 3.06. The van der Waals surface area contributed by atoms with Crippen molar-refractivity contribution in [1.82, 2.24) is 9.78 Å². The Morgan fingerprint density at radius 1 is 1.48 bits per heavy atom. The van der Waals surface area contributed by atoms with E-state index in [1.165, 1.54) is 4.68 Å². The summed E-state index contributed by atoms with van der Waals surface area (Å²) in [6.07, 6.45) is 2.43. The minimum atomic E-state index is -0.268. The summed E-state index contributed by atoms with van der Waals surface area (Å²) in [5, 5.41) is 7.56. The van der Waals surface area contributed by atoms with Crippen molar-refractivity contribution in [2.75, 3.05) is 11.9 Å². The second kappa shape index (κ2) is 5.77. The van der Waals surface area contributed by atoms with Crippen LogP contribution in [0.4, 0.5) is 5.69 Å². The fourth-order valence-electron chi connectivity index (χ4n) is 2.41. The smallest absolute Gasteiger partial charge is 0.287 e. The molecule has 1 aliphatic heterocycles. The minimum Gasteiger partial charge on any atom is -0.491 e. The number of nitrogens with one attached hydrogen (secondary N) is 1. The van der Waals surface area contributed by atoms with Crippen LogP contribution in [0.3, 0.4) is 0 Å². The van der Waals surface area contributed by atoms with Gasteiger partial charge < -0.3 is 10.1 Å². The number of benzene rings is 1. The summed E-state index contributed by atoms with van der Waals surface area (Å²) < 4.78 is 6.99. The fourth-order valence-corrected chi connectivity index (χ4v) is 2.61. The molecule has 21 heavy (non-hydrogen) atoms. The van der Waals surface area contributed by atoms with Gasteiger partial charge in [0.05, 0.1) is 17.9 Å². The molecule has 0 spiro atoms. The Kier molecular flexibility index (Phi) is 3.84. The largest absolute Gasteiger partial charge is 0.491 e. The predicted octanol–water partition coefficient (Wildman–Crippen LogP) is 2.85. The lowest BCUT2D eigenvalue weighted by Crippen LogP contribution is -2.25. The van der Waals surface area contributed by atoms with Crippen molar-refractivity contribution in [2.45, 2.75) is 25.9 Å². The maximum atomic E-state index is 12.1. The molecular formula is C15H16ClN3O2. The minimum absolute atomic E-state index is 0.0260. The third kappa shape index (κ3) is 2.61. The molecule has 0 amide bonds. The van der Waals surface area contributed by atoms with Crippen LogP contribution < -0.4 is 15.6 Å². The van der Waals surface area contributed by atoms with Gasteiger partial charge in [0.1, 0.15) is 17.4 Å². The van der Waals surface area contributed by atoms with Gasteiger partial charge in [0, 0.05) is 12.1 Å². The molecule has 1 atom stereocenters. The van der Waals surface area contributed by atoms with Gasteiger partial charge in [0.2, 0.25) is 0 Å². The first-order valence-electron chi connectivity index (χ1n) is 6.94. The quantitative estimate of drug-likeness (QED) is 0.943. The first-order valence-corrected chi connectivity index (χ1v) is 7.32. The number of anilines is 1. The van der Waals surface area contributed by atoms with Gasteiger partial charge >= 0.3 is 0 Å². The summed E-state index contributed by atoms with van der Waals surface area (Å²) in [4.78, 5) is 12.1. The summed E-state index contributed by atoms with van der Waals surface area (Å²) in [6, 6.07) is 7.79. The zero-order chi connectivity index (χ0) is 14.8. The number of hydrogen-bond donors (Lipinski definition) is 1. The molecule has 0 fully saturated rings. The Morgan fingerprint density at radius 3 is 3.10 bits per heavy atom. The van der Waals surface area contributed by atoms with Crippen molar-refractivity contribution in [2.24, 2.45) is 0 Å². The Morgan fingerprint density at radius 2 is 2.29 bits per heavy atom. The van der Waals surface area contributed by atoms with E-state index >= 15 is 0 Å². The number of halogens is 1. The molecule has 6 heteroatoms. The molecule has 2 heterocycles. The Balaban J connectivity index is 1.87. The highest BCUT2D eigenvalue weighted by atomic mass is 35.5. The van der Waals surface area contributed by atoms with Crippen LogP contribution >= 0.6 is 11.6 Å². The Bertz CT molecular complexity index is 714. The molecule has 1 N–H and O–H groups in total. The van der Waals surface area contributed by atoms with Crippen LogP contribution in [0, 0.1) is 0 Å². The van der Waals surface area contributed by atoms with E-state index in [4.69, 9.17) is 16.3 Å². The standard InChI is InChI=1S/C15H16ClN3O2/c1-2-7-19-15(20)14(16)11(8-17-19)18-12-9-21-13-6-4-3-5-10(12)13/h3-6,8,12,18H,2,7,9H2,1H3. The number of nitrogens with zero attached hydrogens (tertiary/aromatic N) is 2. The van der Waals surface area contributed by atoms with E-state index in [2.05, 4.69) is 10.4 Å². The average Bonchev–Trinajstić information content (AvgIpc) is 2.90. The zero-order valence-electron chi connectivity index (χ0n) is 11.7. The van der Waals surface area contributed by atoms with E-state index in [0.29, 0.717) is 18.8 Å². The molecule has 0 saturated carbocycles. The number of ether oxygens (including phenoxy) is 1. The number of para-hydroxylation sites is 1. The number of rotatable bonds is 4. The molecule has 110 valence electrons. The van der Waals surface area contributed by atoms with E-state index in [1.54, 1.807) is 6.20 Å². The molecule has 2 aromatic rings. The first-order chi connectivity index (χ1) is 10.2. The van der Waals surface area contributed by atoms with E-state index < -0.39 is 0 Å². The molecule has 1 unspecified atom stereocenters. The maximum Gasteiger partial charge on any atom is 0.287 e. The highest BCUT2D eigenvalue weighted by Gasteiger charge is 2.24. The normalized spacial score (nSPS) is 16.4. The van der Waals surface area contributed by atoms with Crippen LogP contribution in [0.25, 0.3) is 0 Å². The number of aryl methyl sites for hydroxylation is 1. The van der Waals surface area contributed by atoms with Gasteiger partial charge in [-0.05, 0) is 12.5 Å². The van der Waals surface area contributed by atoms with E-state index in [0.717, 1.165) is 17.7 Å². The van der Waals surface area contributed by atoms with Gasteiger partial charge in [-0.15, -0.1) is 0 Å². The fraction of sp³-hybridized carbons (Fsp3) is 0.333. The van der Waals surface area contributed by atoms with Crippen LogP contribution in [0.5, 0.6) is 5.75 Å². The Labute approximate surface area is 127 Å². The molecular weight excluding hydrogens is 290 g/mol. The second-order valence-corrected chi connectivity index (χ2v) is 5.32. The van der Waals surface area contributed by atoms with Crippen molar-refractivity contribution in [3.63, 3.8) is 0 Å². The second-order valence-electron chi connectivity index (χ2n) is 4.95. The molecule has 0 bridgehead atoms.